The molecular weight excluding hydrogens is 451 g/mol. The van der Waals surface area contributed by atoms with Crippen molar-refractivity contribution >= 4 is 45.8 Å². The van der Waals surface area contributed by atoms with Crippen molar-refractivity contribution in [1.82, 2.24) is 0 Å². The molecule has 2 amide bonds. The Hall–Kier alpha value is -2.67. The Morgan fingerprint density at radius 2 is 1.56 bits per heavy atom. The predicted molar refractivity (Wildman–Crippen MR) is 117 cm³/mol. The molecule has 3 rings (SSSR count). The number of hydrogen-bond acceptors (Lipinski definition) is 2. The molecule has 0 aliphatic carbocycles. The molecule has 0 aliphatic rings. The second-order valence-corrected chi connectivity index (χ2v) is 7.37. The second kappa shape index (κ2) is 8.81. The van der Waals surface area contributed by atoms with Crippen LogP contribution in [0.25, 0.3) is 0 Å². The molecule has 0 aliphatic heterocycles. The number of halogens is 1. The van der Waals surface area contributed by atoms with Gasteiger partial charge in [-0.25, -0.2) is 0 Å². The highest BCUT2D eigenvalue weighted by Crippen LogP contribution is 2.18. The van der Waals surface area contributed by atoms with E-state index in [0.29, 0.717) is 23.4 Å². The summed E-state index contributed by atoms with van der Waals surface area (Å²) in [5.74, 6) is -0.279. The van der Waals surface area contributed by atoms with E-state index in [0.717, 1.165) is 14.7 Å². The van der Waals surface area contributed by atoms with Crippen LogP contribution in [0.5, 0.6) is 0 Å². The van der Waals surface area contributed by atoms with Crippen molar-refractivity contribution in [1.29, 1.82) is 0 Å². The van der Waals surface area contributed by atoms with Gasteiger partial charge in [-0.1, -0.05) is 42.5 Å². The lowest BCUT2D eigenvalue weighted by atomic mass is 10.1. The van der Waals surface area contributed by atoms with Crippen LogP contribution in [0, 0.1) is 10.5 Å². The van der Waals surface area contributed by atoms with E-state index in [1.54, 1.807) is 30.3 Å². The summed E-state index contributed by atoms with van der Waals surface area (Å²) < 4.78 is 1.04. The third kappa shape index (κ3) is 5.40. The van der Waals surface area contributed by atoms with E-state index in [9.17, 15) is 9.59 Å². The van der Waals surface area contributed by atoms with Crippen molar-refractivity contribution in [3.63, 3.8) is 0 Å². The van der Waals surface area contributed by atoms with Crippen LogP contribution in [0.2, 0.25) is 0 Å². The fourth-order valence-corrected chi connectivity index (χ4v) is 3.11. The highest BCUT2D eigenvalue weighted by Gasteiger charge is 2.09. The summed E-state index contributed by atoms with van der Waals surface area (Å²) in [5, 5.41) is 5.74. The maximum Gasteiger partial charge on any atom is 0.255 e. The number of anilines is 2. The molecule has 27 heavy (non-hydrogen) atoms. The summed E-state index contributed by atoms with van der Waals surface area (Å²) in [5.41, 5.74) is 3.97. The quantitative estimate of drug-likeness (QED) is 0.514. The van der Waals surface area contributed by atoms with Gasteiger partial charge in [-0.3, -0.25) is 9.59 Å². The number of amides is 2. The Morgan fingerprint density at radius 3 is 2.26 bits per heavy atom. The number of carbonyl (C=O) groups is 2. The Balaban J connectivity index is 1.65. The summed E-state index contributed by atoms with van der Waals surface area (Å²) in [6, 6.07) is 22.3. The van der Waals surface area contributed by atoms with Crippen LogP contribution in [-0.2, 0) is 11.2 Å². The summed E-state index contributed by atoms with van der Waals surface area (Å²) in [6.45, 7) is 2.01. The van der Waals surface area contributed by atoms with Gasteiger partial charge in [-0.15, -0.1) is 0 Å². The topological polar surface area (TPSA) is 58.2 Å². The van der Waals surface area contributed by atoms with Gasteiger partial charge in [0, 0.05) is 20.5 Å². The SMILES string of the molecule is Cc1ccc(C(=O)Nc2cccc(NC(=O)Cc3ccccc3)c2)cc1I. The van der Waals surface area contributed by atoms with Gasteiger partial charge in [-0.05, 0) is 71.0 Å². The first-order valence-corrected chi connectivity index (χ1v) is 9.60. The van der Waals surface area contributed by atoms with Crippen molar-refractivity contribution in [2.24, 2.45) is 0 Å². The van der Waals surface area contributed by atoms with E-state index in [-0.39, 0.29) is 11.8 Å². The summed E-state index contributed by atoms with van der Waals surface area (Å²) in [4.78, 5) is 24.7. The number of carbonyl (C=O) groups excluding carboxylic acids is 2. The highest BCUT2D eigenvalue weighted by molar-refractivity contribution is 14.1. The molecule has 0 spiro atoms. The molecule has 0 fully saturated rings. The Kier molecular flexibility index (Phi) is 6.24. The van der Waals surface area contributed by atoms with Crippen molar-refractivity contribution in [2.45, 2.75) is 13.3 Å². The van der Waals surface area contributed by atoms with E-state index in [1.807, 2.05) is 49.4 Å². The van der Waals surface area contributed by atoms with Crippen LogP contribution in [-0.4, -0.2) is 11.8 Å². The van der Waals surface area contributed by atoms with Crippen LogP contribution < -0.4 is 10.6 Å². The molecule has 0 radical (unpaired) electrons. The Labute approximate surface area is 172 Å². The summed E-state index contributed by atoms with van der Waals surface area (Å²) in [6.07, 6.45) is 0.305. The molecule has 3 aromatic carbocycles. The van der Waals surface area contributed by atoms with Crippen LogP contribution in [0.1, 0.15) is 21.5 Å². The van der Waals surface area contributed by atoms with Crippen LogP contribution in [0.15, 0.2) is 72.8 Å². The molecule has 136 valence electrons. The van der Waals surface area contributed by atoms with Gasteiger partial charge in [0.25, 0.3) is 5.91 Å². The highest BCUT2D eigenvalue weighted by atomic mass is 127. The number of rotatable bonds is 5. The zero-order valence-corrected chi connectivity index (χ0v) is 17.0. The fourth-order valence-electron chi connectivity index (χ4n) is 2.60. The average molecular weight is 470 g/mol. The van der Waals surface area contributed by atoms with Crippen LogP contribution in [0.3, 0.4) is 0 Å². The molecule has 0 aromatic heterocycles. The molecular formula is C22H19IN2O2. The van der Waals surface area contributed by atoms with Crippen molar-refractivity contribution in [3.05, 3.63) is 93.1 Å². The van der Waals surface area contributed by atoms with Gasteiger partial charge in [0.2, 0.25) is 5.91 Å². The second-order valence-electron chi connectivity index (χ2n) is 6.21. The zero-order chi connectivity index (χ0) is 19.2. The van der Waals surface area contributed by atoms with Gasteiger partial charge in [0.05, 0.1) is 6.42 Å². The van der Waals surface area contributed by atoms with Crippen LogP contribution >= 0.6 is 22.6 Å². The lowest BCUT2D eigenvalue weighted by molar-refractivity contribution is -0.115. The molecule has 5 heteroatoms. The Morgan fingerprint density at radius 1 is 0.852 bits per heavy atom. The minimum Gasteiger partial charge on any atom is -0.326 e. The van der Waals surface area contributed by atoms with Gasteiger partial charge in [-0.2, -0.15) is 0 Å². The maximum absolute atomic E-state index is 12.5. The molecule has 4 nitrogen and oxygen atoms in total. The van der Waals surface area contributed by atoms with E-state index in [2.05, 4.69) is 33.2 Å². The van der Waals surface area contributed by atoms with Gasteiger partial charge >= 0.3 is 0 Å². The maximum atomic E-state index is 12.5. The first-order chi connectivity index (χ1) is 13.0. The largest absolute Gasteiger partial charge is 0.326 e. The summed E-state index contributed by atoms with van der Waals surface area (Å²) in [7, 11) is 0. The first-order valence-electron chi connectivity index (χ1n) is 8.52. The van der Waals surface area contributed by atoms with Crippen molar-refractivity contribution in [2.75, 3.05) is 10.6 Å². The number of nitrogens with one attached hydrogen (secondary N) is 2. The lowest BCUT2D eigenvalue weighted by Gasteiger charge is -2.10. The van der Waals surface area contributed by atoms with Crippen LogP contribution in [0.4, 0.5) is 11.4 Å². The van der Waals surface area contributed by atoms with Gasteiger partial charge in [0.15, 0.2) is 0 Å². The third-order valence-electron chi connectivity index (χ3n) is 4.05. The monoisotopic (exact) mass is 470 g/mol. The normalized spacial score (nSPS) is 10.3. The average Bonchev–Trinajstić information content (AvgIpc) is 2.65. The molecule has 3 aromatic rings. The molecule has 0 saturated heterocycles. The Bertz CT molecular complexity index is 971. The molecule has 0 heterocycles. The smallest absolute Gasteiger partial charge is 0.255 e. The number of benzene rings is 3. The summed E-state index contributed by atoms with van der Waals surface area (Å²) >= 11 is 2.21. The van der Waals surface area contributed by atoms with Gasteiger partial charge < -0.3 is 10.6 Å². The zero-order valence-electron chi connectivity index (χ0n) is 14.8. The molecule has 0 saturated carbocycles. The van der Waals surface area contributed by atoms with E-state index >= 15 is 0 Å². The predicted octanol–water partition coefficient (Wildman–Crippen LogP) is 5.03. The third-order valence-corrected chi connectivity index (χ3v) is 5.21. The standard InChI is InChI=1S/C22H19IN2O2/c1-15-10-11-17(13-20(15)23)22(27)25-19-9-5-8-18(14-19)24-21(26)12-16-6-3-2-4-7-16/h2-11,13-14H,12H2,1H3,(H,24,26)(H,25,27). The van der Waals surface area contributed by atoms with Crippen molar-refractivity contribution in [3.8, 4) is 0 Å². The van der Waals surface area contributed by atoms with E-state index in [1.165, 1.54) is 0 Å². The molecule has 0 bridgehead atoms. The van der Waals surface area contributed by atoms with E-state index < -0.39 is 0 Å². The number of hydrogen-bond donors (Lipinski definition) is 2. The minimum absolute atomic E-state index is 0.0993. The molecule has 2 N–H and O–H groups in total. The minimum atomic E-state index is -0.180. The molecule has 0 unspecified atom stereocenters. The van der Waals surface area contributed by atoms with E-state index in [4.69, 9.17) is 0 Å². The van der Waals surface area contributed by atoms with Crippen molar-refractivity contribution < 1.29 is 9.59 Å². The number of aryl methyl sites for hydroxylation is 1. The lowest BCUT2D eigenvalue weighted by Crippen LogP contribution is -2.15. The molecule has 0 atom stereocenters. The fraction of sp³-hybridized carbons (Fsp3) is 0.0909. The first kappa shape index (κ1) is 19.1. The van der Waals surface area contributed by atoms with Gasteiger partial charge in [0.1, 0.15) is 0 Å².